The zero-order valence-corrected chi connectivity index (χ0v) is 12.1. The van der Waals surface area contributed by atoms with Crippen molar-refractivity contribution >= 4 is 0 Å². The Morgan fingerprint density at radius 2 is 1.72 bits per heavy atom. The fourth-order valence-corrected chi connectivity index (χ4v) is 4.60. The normalized spacial score (nSPS) is 30.5. The Bertz CT molecular complexity index is 254. The molecule has 0 aromatic rings. The quantitative estimate of drug-likeness (QED) is 0.828. The van der Waals surface area contributed by atoms with Crippen LogP contribution in [0.15, 0.2) is 0 Å². The standard InChI is InChI=1S/C16H30N2/c1-2-14-3-9-18(10-4-14)13-15-11-16(12-15)5-7-17-8-6-16/h14-15,17H,2-13H2,1H3. The first kappa shape index (κ1) is 12.9. The van der Waals surface area contributed by atoms with Crippen LogP contribution in [0.2, 0.25) is 0 Å². The molecule has 2 nitrogen and oxygen atoms in total. The fourth-order valence-electron chi connectivity index (χ4n) is 4.60. The highest BCUT2D eigenvalue weighted by Crippen LogP contribution is 2.51. The summed E-state index contributed by atoms with van der Waals surface area (Å²) in [5, 5.41) is 3.51. The predicted molar refractivity (Wildman–Crippen MR) is 76.7 cm³/mol. The lowest BCUT2D eigenvalue weighted by molar-refractivity contribution is -0.00273. The maximum atomic E-state index is 3.51. The van der Waals surface area contributed by atoms with Crippen molar-refractivity contribution in [2.24, 2.45) is 17.3 Å². The van der Waals surface area contributed by atoms with E-state index in [1.54, 1.807) is 0 Å². The van der Waals surface area contributed by atoms with Crippen molar-refractivity contribution in [3.05, 3.63) is 0 Å². The molecule has 2 saturated heterocycles. The van der Waals surface area contributed by atoms with Gasteiger partial charge >= 0.3 is 0 Å². The SMILES string of the molecule is CCC1CCN(CC2CC3(CCNCC3)C2)CC1. The Kier molecular flexibility index (Phi) is 3.95. The van der Waals surface area contributed by atoms with Gasteiger partial charge in [0.1, 0.15) is 0 Å². The Labute approximate surface area is 113 Å². The van der Waals surface area contributed by atoms with E-state index in [0.29, 0.717) is 0 Å². The van der Waals surface area contributed by atoms with Crippen molar-refractivity contribution in [1.29, 1.82) is 0 Å². The highest BCUT2D eigenvalue weighted by Gasteiger charge is 2.44. The smallest absolute Gasteiger partial charge is 0.00101 e. The molecule has 3 rings (SSSR count). The average Bonchev–Trinajstić information content (AvgIpc) is 2.39. The van der Waals surface area contributed by atoms with Gasteiger partial charge in [0.15, 0.2) is 0 Å². The van der Waals surface area contributed by atoms with Crippen molar-refractivity contribution in [2.75, 3.05) is 32.7 Å². The predicted octanol–water partition coefficient (Wildman–Crippen LogP) is 2.89. The van der Waals surface area contributed by atoms with Gasteiger partial charge in [0.25, 0.3) is 0 Å². The molecule has 1 spiro atoms. The third-order valence-electron chi connectivity index (χ3n) is 5.91. The summed E-state index contributed by atoms with van der Waals surface area (Å²) in [5.41, 5.74) is 0.775. The van der Waals surface area contributed by atoms with E-state index in [0.717, 1.165) is 17.3 Å². The minimum Gasteiger partial charge on any atom is -0.317 e. The first-order chi connectivity index (χ1) is 8.80. The summed E-state index contributed by atoms with van der Waals surface area (Å²) >= 11 is 0. The first-order valence-corrected chi connectivity index (χ1v) is 8.23. The maximum absolute atomic E-state index is 3.51. The Morgan fingerprint density at radius 3 is 2.33 bits per heavy atom. The highest BCUT2D eigenvalue weighted by atomic mass is 15.1. The molecule has 18 heavy (non-hydrogen) atoms. The van der Waals surface area contributed by atoms with Gasteiger partial charge in [-0.1, -0.05) is 13.3 Å². The number of nitrogens with one attached hydrogen (secondary N) is 1. The number of piperidine rings is 2. The second-order valence-corrected chi connectivity index (χ2v) is 7.18. The zero-order chi connectivity index (χ0) is 12.4. The zero-order valence-electron chi connectivity index (χ0n) is 12.1. The van der Waals surface area contributed by atoms with Crippen molar-refractivity contribution in [3.63, 3.8) is 0 Å². The molecule has 1 saturated carbocycles. The van der Waals surface area contributed by atoms with E-state index in [9.17, 15) is 0 Å². The van der Waals surface area contributed by atoms with Crippen LogP contribution < -0.4 is 5.32 Å². The second-order valence-electron chi connectivity index (χ2n) is 7.18. The molecule has 0 radical (unpaired) electrons. The van der Waals surface area contributed by atoms with E-state index in [4.69, 9.17) is 0 Å². The van der Waals surface area contributed by atoms with Crippen molar-refractivity contribution in [1.82, 2.24) is 10.2 Å². The molecule has 2 heteroatoms. The molecule has 1 N–H and O–H groups in total. The van der Waals surface area contributed by atoms with Gasteiger partial charge in [-0.3, -0.25) is 0 Å². The molecule has 1 aliphatic carbocycles. The number of nitrogens with zero attached hydrogens (tertiary/aromatic N) is 1. The minimum atomic E-state index is 0.775. The summed E-state index contributed by atoms with van der Waals surface area (Å²) in [6.45, 7) is 9.06. The minimum absolute atomic E-state index is 0.775. The summed E-state index contributed by atoms with van der Waals surface area (Å²) in [6, 6.07) is 0. The summed E-state index contributed by atoms with van der Waals surface area (Å²) < 4.78 is 0. The molecule has 0 aromatic carbocycles. The van der Waals surface area contributed by atoms with Gasteiger partial charge in [0.05, 0.1) is 0 Å². The van der Waals surface area contributed by atoms with Crippen LogP contribution in [-0.4, -0.2) is 37.6 Å². The lowest BCUT2D eigenvalue weighted by Crippen LogP contribution is -2.49. The Balaban J connectivity index is 1.38. The van der Waals surface area contributed by atoms with Crippen molar-refractivity contribution < 1.29 is 0 Å². The van der Waals surface area contributed by atoms with Gasteiger partial charge in [-0.2, -0.15) is 0 Å². The van der Waals surface area contributed by atoms with Crippen molar-refractivity contribution in [2.45, 2.75) is 51.9 Å². The van der Waals surface area contributed by atoms with Crippen LogP contribution in [0.1, 0.15) is 51.9 Å². The number of rotatable bonds is 3. The molecule has 104 valence electrons. The molecule has 3 aliphatic rings. The van der Waals surface area contributed by atoms with Crippen molar-refractivity contribution in [3.8, 4) is 0 Å². The topological polar surface area (TPSA) is 15.3 Å². The number of hydrogen-bond donors (Lipinski definition) is 1. The van der Waals surface area contributed by atoms with E-state index < -0.39 is 0 Å². The largest absolute Gasteiger partial charge is 0.317 e. The number of likely N-dealkylation sites (tertiary alicyclic amines) is 1. The monoisotopic (exact) mass is 250 g/mol. The third-order valence-corrected chi connectivity index (χ3v) is 5.91. The van der Waals surface area contributed by atoms with E-state index >= 15 is 0 Å². The van der Waals surface area contributed by atoms with Crippen LogP contribution in [0.4, 0.5) is 0 Å². The second kappa shape index (κ2) is 5.50. The van der Waals surface area contributed by atoms with Crippen LogP contribution >= 0.6 is 0 Å². The molecule has 2 aliphatic heterocycles. The summed E-state index contributed by atoms with van der Waals surface area (Å²) in [7, 11) is 0. The van der Waals surface area contributed by atoms with Gasteiger partial charge in [0.2, 0.25) is 0 Å². The third kappa shape index (κ3) is 2.75. The lowest BCUT2D eigenvalue weighted by atomic mass is 9.57. The Hall–Kier alpha value is -0.0800. The van der Waals surface area contributed by atoms with Crippen LogP contribution in [0.3, 0.4) is 0 Å². The van der Waals surface area contributed by atoms with E-state index in [2.05, 4.69) is 17.1 Å². The van der Waals surface area contributed by atoms with Gasteiger partial charge in [-0.05, 0) is 82.0 Å². The first-order valence-electron chi connectivity index (χ1n) is 8.23. The maximum Gasteiger partial charge on any atom is 0.00101 e. The van der Waals surface area contributed by atoms with Gasteiger partial charge < -0.3 is 10.2 Å². The molecule has 0 bridgehead atoms. The van der Waals surface area contributed by atoms with Crippen LogP contribution in [0, 0.1) is 17.3 Å². The molecule has 0 atom stereocenters. The highest BCUT2D eigenvalue weighted by molar-refractivity contribution is 4.97. The summed E-state index contributed by atoms with van der Waals surface area (Å²) in [5.74, 6) is 2.06. The molecule has 0 amide bonds. The summed E-state index contributed by atoms with van der Waals surface area (Å²) in [6.07, 6.45) is 10.3. The average molecular weight is 250 g/mol. The van der Waals surface area contributed by atoms with Gasteiger partial charge in [-0.15, -0.1) is 0 Å². The van der Waals surface area contributed by atoms with E-state index in [1.807, 2.05) is 0 Å². The molecule has 0 aromatic heterocycles. The molecular formula is C16H30N2. The van der Waals surface area contributed by atoms with Gasteiger partial charge in [-0.25, -0.2) is 0 Å². The van der Waals surface area contributed by atoms with Crippen LogP contribution in [0.5, 0.6) is 0 Å². The lowest BCUT2D eigenvalue weighted by Gasteiger charge is -2.52. The fraction of sp³-hybridized carbons (Fsp3) is 1.00. The van der Waals surface area contributed by atoms with E-state index in [1.165, 1.54) is 77.7 Å². The van der Waals surface area contributed by atoms with Gasteiger partial charge in [0, 0.05) is 6.54 Å². The molecular weight excluding hydrogens is 220 g/mol. The number of hydrogen-bond acceptors (Lipinski definition) is 2. The molecule has 3 fully saturated rings. The molecule has 2 heterocycles. The summed E-state index contributed by atoms with van der Waals surface area (Å²) in [4.78, 5) is 2.75. The van der Waals surface area contributed by atoms with E-state index in [-0.39, 0.29) is 0 Å². The molecule has 0 unspecified atom stereocenters. The van der Waals surface area contributed by atoms with Crippen LogP contribution in [0.25, 0.3) is 0 Å². The Morgan fingerprint density at radius 1 is 1.06 bits per heavy atom. The van der Waals surface area contributed by atoms with Crippen LogP contribution in [-0.2, 0) is 0 Å².